The summed E-state index contributed by atoms with van der Waals surface area (Å²) in [5.74, 6) is 1.74. The van der Waals surface area contributed by atoms with Crippen molar-refractivity contribution < 1.29 is 14.3 Å². The average molecular weight is 469 g/mol. The molecule has 7 heteroatoms. The Bertz CT molecular complexity index is 1490. The van der Waals surface area contributed by atoms with Crippen LogP contribution in [0.1, 0.15) is 29.7 Å². The normalized spacial score (nSPS) is 14.9. The summed E-state index contributed by atoms with van der Waals surface area (Å²) in [5, 5.41) is 6.49. The summed E-state index contributed by atoms with van der Waals surface area (Å²) in [6.07, 6.45) is 0. The Kier molecular flexibility index (Phi) is 5.68. The Morgan fingerprint density at radius 1 is 0.971 bits per heavy atom. The Balaban J connectivity index is 1.68. The molecule has 3 aromatic carbocycles. The van der Waals surface area contributed by atoms with E-state index in [0.29, 0.717) is 23.0 Å². The molecule has 0 radical (unpaired) electrons. The number of ether oxygens (including phenoxy) is 2. The maximum Gasteiger partial charge on any atom is 0.255 e. The van der Waals surface area contributed by atoms with Gasteiger partial charge in [-0.1, -0.05) is 35.9 Å². The van der Waals surface area contributed by atoms with E-state index in [9.17, 15) is 4.79 Å². The van der Waals surface area contributed by atoms with Gasteiger partial charge in [0.1, 0.15) is 0 Å². The van der Waals surface area contributed by atoms with Gasteiger partial charge >= 0.3 is 0 Å². The summed E-state index contributed by atoms with van der Waals surface area (Å²) in [6.45, 7) is 5.94. The average Bonchev–Trinajstić information content (AvgIpc) is 3.22. The van der Waals surface area contributed by atoms with Gasteiger partial charge < -0.3 is 20.1 Å². The third-order valence-corrected chi connectivity index (χ3v) is 6.43. The number of aromatic nitrogens is 2. The van der Waals surface area contributed by atoms with Gasteiger partial charge in [-0.05, 0) is 62.2 Å². The number of imidazole rings is 1. The fourth-order valence-corrected chi connectivity index (χ4v) is 4.74. The van der Waals surface area contributed by atoms with Crippen LogP contribution in [-0.4, -0.2) is 29.7 Å². The molecule has 0 saturated heterocycles. The number of benzene rings is 3. The summed E-state index contributed by atoms with van der Waals surface area (Å²) in [6, 6.07) is 19.2. The highest BCUT2D eigenvalue weighted by atomic mass is 16.5. The van der Waals surface area contributed by atoms with Gasteiger partial charge in [0, 0.05) is 11.4 Å². The van der Waals surface area contributed by atoms with Crippen LogP contribution < -0.4 is 20.1 Å². The van der Waals surface area contributed by atoms with Crippen LogP contribution in [0.15, 0.2) is 71.9 Å². The molecule has 2 N–H and O–H groups in total. The number of rotatable bonds is 5. The number of para-hydroxylation sites is 2. The van der Waals surface area contributed by atoms with Crippen molar-refractivity contribution in [1.82, 2.24) is 9.55 Å². The number of methoxy groups -OCH3 is 2. The summed E-state index contributed by atoms with van der Waals surface area (Å²) in [5.41, 5.74) is 6.96. The minimum Gasteiger partial charge on any atom is -0.493 e. The predicted octanol–water partition coefficient (Wildman–Crippen LogP) is 5.60. The summed E-state index contributed by atoms with van der Waals surface area (Å²) >= 11 is 0. The predicted molar refractivity (Wildman–Crippen MR) is 138 cm³/mol. The highest BCUT2D eigenvalue weighted by Crippen LogP contribution is 2.41. The second-order valence-electron chi connectivity index (χ2n) is 8.75. The van der Waals surface area contributed by atoms with Crippen LogP contribution in [0.3, 0.4) is 0 Å². The van der Waals surface area contributed by atoms with Crippen molar-refractivity contribution in [3.05, 3.63) is 88.6 Å². The zero-order valence-corrected chi connectivity index (χ0v) is 20.5. The van der Waals surface area contributed by atoms with Crippen molar-refractivity contribution in [2.75, 3.05) is 24.9 Å². The lowest BCUT2D eigenvalue weighted by molar-refractivity contribution is -0.113. The summed E-state index contributed by atoms with van der Waals surface area (Å²) in [4.78, 5) is 18.6. The first-order valence-corrected chi connectivity index (χ1v) is 11.5. The molecule has 178 valence electrons. The van der Waals surface area contributed by atoms with E-state index in [1.807, 2.05) is 75.4 Å². The van der Waals surface area contributed by atoms with Crippen molar-refractivity contribution in [3.8, 4) is 11.5 Å². The number of aryl methyl sites for hydroxylation is 2. The molecule has 1 aromatic heterocycles. The number of amides is 1. The fraction of sp³-hybridized carbons (Fsp3) is 0.214. The highest BCUT2D eigenvalue weighted by Gasteiger charge is 2.34. The lowest BCUT2D eigenvalue weighted by Crippen LogP contribution is -2.31. The Morgan fingerprint density at radius 3 is 2.49 bits per heavy atom. The van der Waals surface area contributed by atoms with Gasteiger partial charge in [0.2, 0.25) is 5.95 Å². The van der Waals surface area contributed by atoms with Crippen LogP contribution in [0.2, 0.25) is 0 Å². The SMILES string of the molecule is COc1ccc(C2C(C(=O)Nc3ccc(C)cc3C)=C(C)Nc3nc4ccccc4n32)cc1OC. The van der Waals surface area contributed by atoms with Crippen molar-refractivity contribution in [3.63, 3.8) is 0 Å². The molecule has 1 atom stereocenters. The third kappa shape index (κ3) is 3.89. The van der Waals surface area contributed by atoms with Crippen LogP contribution >= 0.6 is 0 Å². The van der Waals surface area contributed by atoms with Crippen LogP contribution in [0, 0.1) is 13.8 Å². The Labute approximate surface area is 204 Å². The Hall–Kier alpha value is -4.26. The second-order valence-corrected chi connectivity index (χ2v) is 8.75. The van der Waals surface area contributed by atoms with Gasteiger partial charge in [0.05, 0.1) is 36.9 Å². The maximum absolute atomic E-state index is 13.8. The molecule has 5 rings (SSSR count). The van der Waals surface area contributed by atoms with Crippen LogP contribution in [0.4, 0.5) is 11.6 Å². The molecular formula is C28H28N4O3. The molecule has 7 nitrogen and oxygen atoms in total. The monoisotopic (exact) mass is 468 g/mol. The van der Waals surface area contributed by atoms with E-state index in [1.54, 1.807) is 14.2 Å². The molecule has 0 bridgehead atoms. The standard InChI is InChI=1S/C28H28N4O3/c1-16-10-12-20(17(2)14-16)30-27(33)25-18(3)29-28-31-21-8-6-7-9-22(21)32(28)26(25)19-11-13-23(34-4)24(15-19)35-5/h6-15,26H,1-5H3,(H,29,31)(H,30,33). The van der Waals surface area contributed by atoms with E-state index in [-0.39, 0.29) is 5.91 Å². The Morgan fingerprint density at radius 2 is 1.74 bits per heavy atom. The third-order valence-electron chi connectivity index (χ3n) is 6.43. The van der Waals surface area contributed by atoms with E-state index < -0.39 is 6.04 Å². The quantitative estimate of drug-likeness (QED) is 0.399. The number of hydrogen-bond acceptors (Lipinski definition) is 5. The molecule has 1 aliphatic rings. The lowest BCUT2D eigenvalue weighted by Gasteiger charge is -2.31. The zero-order valence-electron chi connectivity index (χ0n) is 20.5. The molecule has 1 aliphatic heterocycles. The number of carbonyl (C=O) groups is 1. The number of hydrogen-bond donors (Lipinski definition) is 2. The topological polar surface area (TPSA) is 77.4 Å². The van der Waals surface area contributed by atoms with E-state index >= 15 is 0 Å². The number of nitrogens with zero attached hydrogens (tertiary/aromatic N) is 2. The lowest BCUT2D eigenvalue weighted by atomic mass is 9.93. The van der Waals surface area contributed by atoms with Crippen LogP contribution in [0.5, 0.6) is 11.5 Å². The molecule has 4 aromatic rings. The van der Waals surface area contributed by atoms with Gasteiger partial charge in [-0.25, -0.2) is 4.98 Å². The number of fused-ring (bicyclic) bond motifs is 3. The van der Waals surface area contributed by atoms with E-state index in [0.717, 1.165) is 39.1 Å². The number of carbonyl (C=O) groups excluding carboxylic acids is 1. The highest BCUT2D eigenvalue weighted by molar-refractivity contribution is 6.06. The first-order chi connectivity index (χ1) is 16.9. The van der Waals surface area contributed by atoms with E-state index in [4.69, 9.17) is 14.5 Å². The van der Waals surface area contributed by atoms with E-state index in [1.165, 1.54) is 0 Å². The molecule has 0 spiro atoms. The van der Waals surface area contributed by atoms with Crippen molar-refractivity contribution in [2.45, 2.75) is 26.8 Å². The molecule has 0 fully saturated rings. The van der Waals surface area contributed by atoms with Crippen LogP contribution in [-0.2, 0) is 4.79 Å². The summed E-state index contributed by atoms with van der Waals surface area (Å²) < 4.78 is 13.1. The second kappa shape index (κ2) is 8.83. The zero-order chi connectivity index (χ0) is 24.7. The van der Waals surface area contributed by atoms with Gasteiger partial charge in [0.15, 0.2) is 11.5 Å². The van der Waals surface area contributed by atoms with Gasteiger partial charge in [-0.15, -0.1) is 0 Å². The molecular weight excluding hydrogens is 440 g/mol. The van der Waals surface area contributed by atoms with Crippen molar-refractivity contribution in [2.24, 2.45) is 0 Å². The van der Waals surface area contributed by atoms with Crippen molar-refractivity contribution in [1.29, 1.82) is 0 Å². The fourth-order valence-electron chi connectivity index (χ4n) is 4.74. The maximum atomic E-state index is 13.8. The first kappa shape index (κ1) is 22.5. The van der Waals surface area contributed by atoms with Gasteiger partial charge in [0.25, 0.3) is 5.91 Å². The molecule has 0 aliphatic carbocycles. The van der Waals surface area contributed by atoms with Crippen LogP contribution in [0.25, 0.3) is 11.0 Å². The largest absolute Gasteiger partial charge is 0.493 e. The molecule has 35 heavy (non-hydrogen) atoms. The molecule has 0 saturated carbocycles. The van der Waals surface area contributed by atoms with Gasteiger partial charge in [-0.3, -0.25) is 9.36 Å². The first-order valence-electron chi connectivity index (χ1n) is 11.5. The minimum absolute atomic E-state index is 0.176. The van der Waals surface area contributed by atoms with E-state index in [2.05, 4.69) is 21.3 Å². The molecule has 1 unspecified atom stereocenters. The number of nitrogens with one attached hydrogen (secondary N) is 2. The number of anilines is 2. The smallest absolute Gasteiger partial charge is 0.255 e. The van der Waals surface area contributed by atoms with Crippen molar-refractivity contribution >= 4 is 28.6 Å². The number of allylic oxidation sites excluding steroid dienone is 1. The summed E-state index contributed by atoms with van der Waals surface area (Å²) in [7, 11) is 3.22. The van der Waals surface area contributed by atoms with Gasteiger partial charge in [-0.2, -0.15) is 0 Å². The molecule has 2 heterocycles. The molecule has 1 amide bonds. The minimum atomic E-state index is -0.427.